The van der Waals surface area contributed by atoms with Gasteiger partial charge in [-0.05, 0) is 72.7 Å². The van der Waals surface area contributed by atoms with Crippen LogP contribution in [-0.2, 0) is 25.7 Å². The second kappa shape index (κ2) is 17.3. The van der Waals surface area contributed by atoms with Gasteiger partial charge in [-0.25, -0.2) is 0 Å². The lowest BCUT2D eigenvalue weighted by molar-refractivity contribution is -0.134. The van der Waals surface area contributed by atoms with Crippen LogP contribution in [0.4, 0.5) is 5.69 Å². The zero-order valence-corrected chi connectivity index (χ0v) is 32.8. The molecular formula is C43H49N9O5. The Labute approximate surface area is 332 Å². The molecule has 0 radical (unpaired) electrons. The number of carbonyl (C=O) groups is 5. The van der Waals surface area contributed by atoms with Crippen LogP contribution in [0.15, 0.2) is 60.9 Å². The second-order valence-corrected chi connectivity index (χ2v) is 15.2. The van der Waals surface area contributed by atoms with Crippen molar-refractivity contribution < 1.29 is 24.0 Å². The third-order valence-electron chi connectivity index (χ3n) is 11.3. The van der Waals surface area contributed by atoms with Crippen molar-refractivity contribution in [3.63, 3.8) is 0 Å². The highest BCUT2D eigenvalue weighted by Gasteiger charge is 2.29. The number of piperidine rings is 2. The summed E-state index contributed by atoms with van der Waals surface area (Å²) in [5, 5.41) is 11.0. The van der Waals surface area contributed by atoms with E-state index in [1.807, 2.05) is 52.3 Å². The van der Waals surface area contributed by atoms with E-state index in [4.69, 9.17) is 0 Å². The van der Waals surface area contributed by atoms with Crippen LogP contribution in [0.25, 0.3) is 16.5 Å². The predicted octanol–water partition coefficient (Wildman–Crippen LogP) is 3.95. The molecule has 1 unspecified atom stereocenters. The SMILES string of the molecule is CN(C)C(=O)c1cc2c(C#CCCC(=O)N3CCC(N(C)c4ccc(C5CCC(=O)NC5=O)cc4)CC3)cc(C3=CCCN(C(=O)CCn4ccnn4)C3)cc2[nH]1. The third kappa shape index (κ3) is 9.09. The molecule has 2 aromatic carbocycles. The zero-order valence-electron chi connectivity index (χ0n) is 32.8. The van der Waals surface area contributed by atoms with Gasteiger partial charge >= 0.3 is 0 Å². The number of aromatic nitrogens is 4. The molecule has 3 aliphatic rings. The van der Waals surface area contributed by atoms with E-state index < -0.39 is 0 Å². The quantitative estimate of drug-likeness (QED) is 0.182. The number of hydrogen-bond donors (Lipinski definition) is 2. The van der Waals surface area contributed by atoms with E-state index in [0.717, 1.165) is 58.1 Å². The Morgan fingerprint density at radius 1 is 0.930 bits per heavy atom. The molecule has 0 saturated carbocycles. The molecule has 2 aromatic heterocycles. The molecule has 57 heavy (non-hydrogen) atoms. The van der Waals surface area contributed by atoms with E-state index in [9.17, 15) is 24.0 Å². The van der Waals surface area contributed by atoms with Crippen LogP contribution in [0, 0.1) is 11.8 Å². The van der Waals surface area contributed by atoms with Gasteiger partial charge in [-0.3, -0.25) is 34.0 Å². The maximum atomic E-state index is 13.3. The van der Waals surface area contributed by atoms with Crippen molar-refractivity contribution >= 4 is 51.7 Å². The molecule has 3 aliphatic heterocycles. The molecule has 14 nitrogen and oxygen atoms in total. The Morgan fingerprint density at radius 3 is 2.42 bits per heavy atom. The van der Waals surface area contributed by atoms with Crippen LogP contribution in [-0.4, -0.2) is 118 Å². The molecule has 4 aromatic rings. The average molecular weight is 772 g/mol. The van der Waals surface area contributed by atoms with Gasteiger partial charge in [-0.15, -0.1) is 5.10 Å². The number of aromatic amines is 1. The summed E-state index contributed by atoms with van der Waals surface area (Å²) in [7, 11) is 5.49. The minimum absolute atomic E-state index is 0.0511. The standard InChI is InChI=1S/C43H49N9O5/c1-48(2)43(57)38-27-36-30(25-32(26-37(36)45-38)31-8-6-20-51(28-31)41(55)18-23-52-24-19-44-47-52)7-4-5-9-40(54)50-21-16-34(17-22-50)49(3)33-12-10-29(11-13-33)35-14-15-39(53)46-42(35)56/h8,10-13,19,24-27,34-35,45H,5-6,9,14-18,20-23,28H2,1-3H3,(H,46,53,56). The van der Waals surface area contributed by atoms with E-state index in [1.54, 1.807) is 31.2 Å². The van der Waals surface area contributed by atoms with Crippen molar-refractivity contribution in [2.24, 2.45) is 0 Å². The lowest BCUT2D eigenvalue weighted by atomic mass is 9.90. The van der Waals surface area contributed by atoms with Crippen molar-refractivity contribution in [1.29, 1.82) is 0 Å². The van der Waals surface area contributed by atoms with Gasteiger partial charge in [0, 0.05) is 107 Å². The third-order valence-corrected chi connectivity index (χ3v) is 11.3. The lowest BCUT2D eigenvalue weighted by Crippen LogP contribution is -2.45. The second-order valence-electron chi connectivity index (χ2n) is 15.2. The first-order chi connectivity index (χ1) is 27.5. The minimum atomic E-state index is -0.306. The number of imide groups is 1. The summed E-state index contributed by atoms with van der Waals surface area (Å²) in [6.45, 7) is 2.91. The van der Waals surface area contributed by atoms with Crippen molar-refractivity contribution in [2.75, 3.05) is 52.2 Å². The fourth-order valence-corrected chi connectivity index (χ4v) is 7.92. The van der Waals surface area contributed by atoms with Gasteiger partial charge in [0.2, 0.25) is 23.6 Å². The lowest BCUT2D eigenvalue weighted by Gasteiger charge is -2.38. The predicted molar refractivity (Wildman–Crippen MR) is 216 cm³/mol. The van der Waals surface area contributed by atoms with Crippen LogP contribution in [0.2, 0.25) is 0 Å². The number of hydrogen-bond acceptors (Lipinski definition) is 8. The Balaban J connectivity index is 0.965. The van der Waals surface area contributed by atoms with E-state index in [-0.39, 0.29) is 41.5 Å². The number of benzene rings is 2. The first kappa shape index (κ1) is 39.0. The molecule has 5 amide bonds. The summed E-state index contributed by atoms with van der Waals surface area (Å²) in [5.41, 5.74) is 5.92. The Morgan fingerprint density at radius 2 is 1.70 bits per heavy atom. The summed E-state index contributed by atoms with van der Waals surface area (Å²) in [5.74, 6) is 5.79. The van der Waals surface area contributed by atoms with E-state index in [0.29, 0.717) is 70.5 Å². The maximum absolute atomic E-state index is 13.3. The molecule has 2 N–H and O–H groups in total. The highest BCUT2D eigenvalue weighted by molar-refractivity contribution is 6.01. The Bertz CT molecular complexity index is 2240. The number of nitrogens with zero attached hydrogens (tertiary/aromatic N) is 7. The van der Waals surface area contributed by atoms with Gasteiger partial charge in [0.25, 0.3) is 5.91 Å². The number of nitrogens with one attached hydrogen (secondary N) is 2. The number of amides is 5. The van der Waals surface area contributed by atoms with E-state index in [2.05, 4.69) is 50.5 Å². The fourth-order valence-electron chi connectivity index (χ4n) is 7.92. The number of fused-ring (bicyclic) bond motifs is 1. The van der Waals surface area contributed by atoms with Crippen molar-refractivity contribution in [3.8, 4) is 11.8 Å². The molecule has 0 spiro atoms. The molecule has 0 bridgehead atoms. The molecule has 7 rings (SSSR count). The van der Waals surface area contributed by atoms with Gasteiger partial charge in [0.15, 0.2) is 0 Å². The highest BCUT2D eigenvalue weighted by atomic mass is 16.2. The fraction of sp³-hybridized carbons (Fsp3) is 0.419. The normalized spacial score (nSPS) is 17.5. The van der Waals surface area contributed by atoms with Gasteiger partial charge in [-0.1, -0.05) is 35.3 Å². The Hall–Kier alpha value is -6.23. The first-order valence-corrected chi connectivity index (χ1v) is 19.7. The van der Waals surface area contributed by atoms with Gasteiger partial charge in [0.05, 0.1) is 18.7 Å². The number of rotatable bonds is 10. The molecular weight excluding hydrogens is 723 g/mol. The number of aryl methyl sites for hydroxylation is 1. The monoisotopic (exact) mass is 771 g/mol. The largest absolute Gasteiger partial charge is 0.371 e. The molecule has 1 atom stereocenters. The molecule has 0 aliphatic carbocycles. The molecule has 5 heterocycles. The van der Waals surface area contributed by atoms with Crippen LogP contribution in [0.3, 0.4) is 0 Å². The van der Waals surface area contributed by atoms with Gasteiger partial charge in [0.1, 0.15) is 5.69 Å². The van der Waals surface area contributed by atoms with Crippen LogP contribution >= 0.6 is 0 Å². The molecule has 2 fully saturated rings. The molecule has 2 saturated heterocycles. The number of likely N-dealkylation sites (tertiary alicyclic amines) is 1. The van der Waals surface area contributed by atoms with Crippen molar-refractivity contribution in [1.82, 2.24) is 40.0 Å². The van der Waals surface area contributed by atoms with Gasteiger partial charge in [-0.2, -0.15) is 0 Å². The maximum Gasteiger partial charge on any atom is 0.269 e. The summed E-state index contributed by atoms with van der Waals surface area (Å²) in [6, 6.07) is 14.1. The summed E-state index contributed by atoms with van der Waals surface area (Å²) in [4.78, 5) is 74.1. The number of H-pyrrole nitrogens is 1. The van der Waals surface area contributed by atoms with E-state index >= 15 is 0 Å². The first-order valence-electron chi connectivity index (χ1n) is 19.7. The minimum Gasteiger partial charge on any atom is -0.371 e. The smallest absolute Gasteiger partial charge is 0.269 e. The summed E-state index contributed by atoms with van der Waals surface area (Å²) in [6.07, 6.45) is 9.83. The van der Waals surface area contributed by atoms with Crippen molar-refractivity contribution in [2.45, 2.75) is 69.9 Å². The Kier molecular flexibility index (Phi) is 11.8. The van der Waals surface area contributed by atoms with Crippen LogP contribution in [0.5, 0.6) is 0 Å². The average Bonchev–Trinajstić information content (AvgIpc) is 3.92. The van der Waals surface area contributed by atoms with Crippen LogP contribution in [0.1, 0.15) is 84.5 Å². The van der Waals surface area contributed by atoms with Crippen molar-refractivity contribution in [3.05, 3.63) is 83.3 Å². The van der Waals surface area contributed by atoms with Gasteiger partial charge < -0.3 is 24.6 Å². The summed E-state index contributed by atoms with van der Waals surface area (Å²) >= 11 is 0. The zero-order chi connectivity index (χ0) is 40.1. The number of carbonyl (C=O) groups excluding carboxylic acids is 5. The molecule has 14 heteroatoms. The topological polar surface area (TPSA) is 157 Å². The molecule has 296 valence electrons. The van der Waals surface area contributed by atoms with E-state index in [1.165, 1.54) is 4.90 Å². The summed E-state index contributed by atoms with van der Waals surface area (Å²) < 4.78 is 1.65. The number of anilines is 1. The van der Waals surface area contributed by atoms with Crippen LogP contribution < -0.4 is 10.2 Å². The highest BCUT2D eigenvalue weighted by Crippen LogP contribution is 2.30.